The molecule has 118 valence electrons. The Balaban J connectivity index is 2.79. The van der Waals surface area contributed by atoms with Crippen LogP contribution in [0, 0.1) is 0 Å². The van der Waals surface area contributed by atoms with Gasteiger partial charge in [-0.05, 0) is 32.9 Å². The Morgan fingerprint density at radius 1 is 1.36 bits per heavy atom. The summed E-state index contributed by atoms with van der Waals surface area (Å²) in [5, 5.41) is 7.50. The first kappa shape index (κ1) is 18.2. The molecule has 0 aliphatic carbocycles. The summed E-state index contributed by atoms with van der Waals surface area (Å²) < 4.78 is 0.816. The maximum absolute atomic E-state index is 12.4. The number of carbonyl (C=O) groups is 1. The van der Waals surface area contributed by atoms with E-state index in [-0.39, 0.29) is 5.91 Å². The maximum Gasteiger partial charge on any atom is 0.251 e. The zero-order valence-corrected chi connectivity index (χ0v) is 14.6. The highest BCUT2D eigenvalue weighted by Gasteiger charge is 2.28. The number of nitrogens with zero attached hydrogens (tertiary/aromatic N) is 1. The number of hydrogen-bond donors (Lipinski definition) is 2. The zero-order valence-electron chi connectivity index (χ0n) is 13.0. The number of rotatable bonds is 6. The van der Waals surface area contributed by atoms with Crippen LogP contribution in [0.5, 0.6) is 0 Å². The quantitative estimate of drug-likeness (QED) is 0.784. The molecule has 0 aromatic carbocycles. The van der Waals surface area contributed by atoms with Crippen LogP contribution in [-0.4, -0.2) is 16.4 Å². The number of thiazole rings is 1. The van der Waals surface area contributed by atoms with Crippen molar-refractivity contribution in [2.24, 2.45) is 0 Å². The number of anilines is 1. The Bertz CT molecular complexity index is 731. The van der Waals surface area contributed by atoms with E-state index in [0.717, 1.165) is 9.88 Å². The lowest BCUT2D eigenvalue weighted by Gasteiger charge is -2.25. The second-order valence-corrected chi connectivity index (χ2v) is 6.69. The molecule has 22 heavy (non-hydrogen) atoms. The molecule has 1 amide bonds. The first-order chi connectivity index (χ1) is 10.2. The van der Waals surface area contributed by atoms with Crippen LogP contribution < -0.4 is 20.5 Å². The summed E-state index contributed by atoms with van der Waals surface area (Å²) in [5.41, 5.74) is -0.306. The van der Waals surface area contributed by atoms with E-state index < -0.39 is 5.54 Å². The molecule has 0 saturated heterocycles. The van der Waals surface area contributed by atoms with E-state index in [4.69, 9.17) is 11.6 Å². The van der Waals surface area contributed by atoms with E-state index in [1.165, 1.54) is 11.3 Å². The van der Waals surface area contributed by atoms with Gasteiger partial charge in [0.2, 0.25) is 0 Å². The molecule has 1 heterocycles. The van der Waals surface area contributed by atoms with E-state index in [2.05, 4.69) is 35.4 Å². The van der Waals surface area contributed by atoms with Crippen molar-refractivity contribution in [2.45, 2.75) is 26.3 Å². The Morgan fingerprint density at radius 2 is 2.00 bits per heavy atom. The minimum absolute atomic E-state index is 0.219. The highest BCUT2D eigenvalue weighted by molar-refractivity contribution is 7.13. The van der Waals surface area contributed by atoms with Crippen LogP contribution in [0.3, 0.4) is 0 Å². The number of hydrogen-bond acceptors (Lipinski definition) is 4. The lowest BCUT2D eigenvalue weighted by Crippen LogP contribution is -2.49. The molecule has 0 unspecified atom stereocenters. The predicted molar refractivity (Wildman–Crippen MR) is 96.1 cm³/mol. The van der Waals surface area contributed by atoms with Gasteiger partial charge in [0.25, 0.3) is 5.91 Å². The molecule has 6 heteroatoms. The fourth-order valence-electron chi connectivity index (χ4n) is 1.59. The van der Waals surface area contributed by atoms with Gasteiger partial charge in [-0.25, -0.2) is 4.98 Å². The molecule has 2 N–H and O–H groups in total. The van der Waals surface area contributed by atoms with Crippen LogP contribution in [0.2, 0.25) is 0 Å². The molecule has 1 aromatic rings. The summed E-state index contributed by atoms with van der Waals surface area (Å²) in [7, 11) is 0. The Kier molecular flexibility index (Phi) is 6.14. The largest absolute Gasteiger partial charge is 0.372 e. The van der Waals surface area contributed by atoms with Gasteiger partial charge in [0.1, 0.15) is 5.54 Å². The lowest BCUT2D eigenvalue weighted by atomic mass is 10.0. The lowest BCUT2D eigenvalue weighted by molar-refractivity contribution is -0.120. The number of nitrogens with one attached hydrogen (secondary N) is 2. The molecule has 0 fully saturated rings. The molecular formula is C16H20ClN3OS. The summed E-state index contributed by atoms with van der Waals surface area (Å²) in [5.74, 6) is -0.219. The van der Waals surface area contributed by atoms with Crippen molar-refractivity contribution in [1.29, 1.82) is 0 Å². The zero-order chi connectivity index (χ0) is 16.9. The number of amides is 1. The summed E-state index contributed by atoms with van der Waals surface area (Å²) in [6.45, 7) is 16.6. The molecule has 1 rings (SSSR count). The fourth-order valence-corrected chi connectivity index (χ4v) is 2.44. The second kappa shape index (κ2) is 7.42. The van der Waals surface area contributed by atoms with E-state index in [0.29, 0.717) is 15.9 Å². The molecule has 0 aliphatic rings. The van der Waals surface area contributed by atoms with Crippen molar-refractivity contribution in [2.75, 3.05) is 5.32 Å². The van der Waals surface area contributed by atoms with Crippen LogP contribution in [0.4, 0.5) is 5.13 Å². The van der Waals surface area contributed by atoms with E-state index in [1.807, 2.05) is 13.0 Å². The topological polar surface area (TPSA) is 54.0 Å². The van der Waals surface area contributed by atoms with Gasteiger partial charge < -0.3 is 5.32 Å². The average Bonchev–Trinajstić information content (AvgIpc) is 2.75. The first-order valence-electron chi connectivity index (χ1n) is 6.59. The molecule has 1 aromatic heterocycles. The monoisotopic (exact) mass is 337 g/mol. The van der Waals surface area contributed by atoms with Crippen LogP contribution in [0.1, 0.15) is 20.8 Å². The van der Waals surface area contributed by atoms with Crippen LogP contribution >= 0.6 is 22.9 Å². The summed E-state index contributed by atoms with van der Waals surface area (Å²) in [6, 6.07) is 0. The Hall–Kier alpha value is -1.85. The standard InChI is InChI=1S/C16H20ClN3OS/c1-7-13-12(4)22-15(18-13)19-14(21)16(5,6)20-11(3)9-8-10(2)17/h7-9,20H,2-4H2,1,5-6H3,(H,18,19,21)/b9-8-,13-7-. The van der Waals surface area contributed by atoms with Crippen molar-refractivity contribution >= 4 is 46.6 Å². The summed E-state index contributed by atoms with van der Waals surface area (Å²) >= 11 is 6.99. The van der Waals surface area contributed by atoms with E-state index in [1.54, 1.807) is 26.0 Å². The molecule has 0 spiro atoms. The molecule has 0 radical (unpaired) electrons. The van der Waals surface area contributed by atoms with Crippen LogP contribution in [0.25, 0.3) is 12.7 Å². The molecule has 0 atom stereocenters. The highest BCUT2D eigenvalue weighted by atomic mass is 35.5. The summed E-state index contributed by atoms with van der Waals surface area (Å²) in [4.78, 5) is 16.7. The molecular weight excluding hydrogens is 318 g/mol. The van der Waals surface area contributed by atoms with Crippen LogP contribution in [0.15, 0.2) is 36.0 Å². The first-order valence-corrected chi connectivity index (χ1v) is 7.78. The van der Waals surface area contributed by atoms with Crippen LogP contribution in [-0.2, 0) is 4.79 Å². The summed E-state index contributed by atoms with van der Waals surface area (Å²) in [6.07, 6.45) is 5.11. The van der Waals surface area contributed by atoms with Gasteiger partial charge >= 0.3 is 0 Å². The number of carbonyl (C=O) groups excluding carboxylic acids is 1. The van der Waals surface area contributed by atoms with E-state index >= 15 is 0 Å². The third-order valence-electron chi connectivity index (χ3n) is 2.73. The Morgan fingerprint density at radius 3 is 2.50 bits per heavy atom. The van der Waals surface area contributed by atoms with Crippen molar-refractivity contribution in [3.63, 3.8) is 0 Å². The van der Waals surface area contributed by atoms with Crippen molar-refractivity contribution in [3.8, 4) is 0 Å². The van der Waals surface area contributed by atoms with Gasteiger partial charge in [-0.15, -0.1) is 0 Å². The SMILES string of the molecule is C=C(Cl)/C=C\C(=C)NC(C)(C)C(=O)Nc1n/c(=C\C)c(=C)s1. The van der Waals surface area contributed by atoms with Crippen molar-refractivity contribution < 1.29 is 4.79 Å². The number of allylic oxidation sites excluding steroid dienone is 3. The van der Waals surface area contributed by atoms with Gasteiger partial charge in [-0.1, -0.05) is 48.8 Å². The van der Waals surface area contributed by atoms with Gasteiger partial charge in [-0.2, -0.15) is 0 Å². The van der Waals surface area contributed by atoms with Crippen molar-refractivity contribution in [3.05, 3.63) is 45.9 Å². The molecule has 4 nitrogen and oxygen atoms in total. The number of aromatic nitrogens is 1. The minimum atomic E-state index is -0.863. The molecule has 0 bridgehead atoms. The second-order valence-electron chi connectivity index (χ2n) is 5.13. The van der Waals surface area contributed by atoms with Gasteiger partial charge in [0.05, 0.1) is 5.35 Å². The number of halogens is 1. The van der Waals surface area contributed by atoms with Crippen molar-refractivity contribution in [1.82, 2.24) is 10.3 Å². The van der Waals surface area contributed by atoms with Gasteiger partial charge in [0, 0.05) is 15.3 Å². The Labute approximate surface area is 139 Å². The molecule has 0 aliphatic heterocycles. The molecule has 0 saturated carbocycles. The third-order valence-corrected chi connectivity index (χ3v) is 3.70. The van der Waals surface area contributed by atoms with Gasteiger partial charge in [-0.3, -0.25) is 10.1 Å². The predicted octanol–water partition coefficient (Wildman–Crippen LogP) is 2.48. The van der Waals surface area contributed by atoms with E-state index in [9.17, 15) is 4.79 Å². The minimum Gasteiger partial charge on any atom is -0.372 e. The smallest absolute Gasteiger partial charge is 0.251 e. The highest BCUT2D eigenvalue weighted by Crippen LogP contribution is 2.12. The normalized spacial score (nSPS) is 12.5. The third kappa shape index (κ3) is 5.16. The maximum atomic E-state index is 12.4. The average molecular weight is 338 g/mol. The van der Waals surface area contributed by atoms with Gasteiger partial charge in [0.15, 0.2) is 5.13 Å². The fraction of sp³-hybridized carbons (Fsp3) is 0.250.